The van der Waals surface area contributed by atoms with Crippen molar-refractivity contribution >= 4 is 17.8 Å². The molecule has 0 aliphatic carbocycles. The minimum atomic E-state index is -1.14. The molecule has 1 aliphatic heterocycles. The number of benzene rings is 2. The lowest BCUT2D eigenvalue weighted by Gasteiger charge is -2.25. The Kier molecular flexibility index (Phi) is 4.61. The van der Waals surface area contributed by atoms with E-state index < -0.39 is 23.2 Å². The summed E-state index contributed by atoms with van der Waals surface area (Å²) in [5, 5.41) is 0.509. The van der Waals surface area contributed by atoms with Crippen molar-refractivity contribution in [3.8, 4) is 11.5 Å². The number of hydrogen-bond acceptors (Lipinski definition) is 6. The zero-order chi connectivity index (χ0) is 19.8. The van der Waals surface area contributed by atoms with Crippen molar-refractivity contribution in [2.45, 2.75) is 19.3 Å². The Morgan fingerprint density at radius 2 is 1.44 bits per heavy atom. The van der Waals surface area contributed by atoms with Gasteiger partial charge in [-0.15, -0.1) is 0 Å². The minimum absolute atomic E-state index is 0.208. The number of imide groups is 1. The van der Waals surface area contributed by atoms with E-state index in [2.05, 4.69) is 0 Å². The number of hydroxylamine groups is 2. The van der Waals surface area contributed by atoms with Gasteiger partial charge in [0.2, 0.25) is 0 Å². The summed E-state index contributed by atoms with van der Waals surface area (Å²) in [5.74, 6) is -1.09. The summed E-state index contributed by atoms with van der Waals surface area (Å²) in [6.45, 7) is 3.27. The summed E-state index contributed by atoms with van der Waals surface area (Å²) in [5.41, 5.74) is -0.144. The second kappa shape index (κ2) is 6.75. The Balaban J connectivity index is 1.86. The first-order valence-electron chi connectivity index (χ1n) is 8.24. The van der Waals surface area contributed by atoms with E-state index in [9.17, 15) is 14.4 Å². The van der Waals surface area contributed by atoms with Gasteiger partial charge in [-0.2, -0.15) is 0 Å². The molecule has 0 atom stereocenters. The maximum absolute atomic E-state index is 12.8. The normalized spacial score (nSPS) is 13.4. The van der Waals surface area contributed by atoms with Gasteiger partial charge < -0.3 is 14.3 Å². The number of carbonyl (C=O) groups is 3. The van der Waals surface area contributed by atoms with Crippen LogP contribution in [-0.4, -0.2) is 37.1 Å². The molecule has 27 heavy (non-hydrogen) atoms. The van der Waals surface area contributed by atoms with E-state index in [1.54, 1.807) is 44.2 Å². The Labute approximate surface area is 156 Å². The van der Waals surface area contributed by atoms with Gasteiger partial charge in [0.15, 0.2) is 11.5 Å². The summed E-state index contributed by atoms with van der Waals surface area (Å²) in [6, 6.07) is 11.3. The highest BCUT2D eigenvalue weighted by Gasteiger charge is 2.42. The molecule has 0 radical (unpaired) electrons. The van der Waals surface area contributed by atoms with Crippen LogP contribution in [0.2, 0.25) is 0 Å². The lowest BCUT2D eigenvalue weighted by Crippen LogP contribution is -2.40. The van der Waals surface area contributed by atoms with Crippen LogP contribution < -0.4 is 9.47 Å². The summed E-state index contributed by atoms with van der Waals surface area (Å²) < 4.78 is 10.5. The van der Waals surface area contributed by atoms with Gasteiger partial charge in [-0.25, -0.2) is 4.79 Å². The van der Waals surface area contributed by atoms with Crippen LogP contribution in [0.1, 0.15) is 40.1 Å². The predicted octanol–water partition coefficient (Wildman–Crippen LogP) is 2.74. The predicted molar refractivity (Wildman–Crippen MR) is 95.6 cm³/mol. The number of carbonyl (C=O) groups excluding carboxylic acids is 3. The van der Waals surface area contributed by atoms with Crippen molar-refractivity contribution in [3.63, 3.8) is 0 Å². The van der Waals surface area contributed by atoms with Gasteiger partial charge >= 0.3 is 5.97 Å². The average Bonchev–Trinajstić information content (AvgIpc) is 2.92. The van der Waals surface area contributed by atoms with Crippen LogP contribution in [0, 0.1) is 0 Å². The first-order chi connectivity index (χ1) is 12.8. The Morgan fingerprint density at radius 3 is 1.96 bits per heavy atom. The summed E-state index contributed by atoms with van der Waals surface area (Å²) in [6.07, 6.45) is 0. The first-order valence-corrected chi connectivity index (χ1v) is 8.24. The number of methoxy groups -OCH3 is 2. The zero-order valence-corrected chi connectivity index (χ0v) is 15.4. The van der Waals surface area contributed by atoms with Crippen LogP contribution >= 0.6 is 0 Å². The number of rotatable bonds is 5. The molecule has 0 bridgehead atoms. The van der Waals surface area contributed by atoms with Gasteiger partial charge in [-0.3, -0.25) is 9.59 Å². The third-order valence-electron chi connectivity index (χ3n) is 4.55. The molecule has 140 valence electrons. The molecule has 0 aromatic heterocycles. The van der Waals surface area contributed by atoms with Crippen LogP contribution in [0.15, 0.2) is 42.5 Å². The van der Waals surface area contributed by atoms with Crippen molar-refractivity contribution in [1.29, 1.82) is 0 Å². The molecule has 7 heteroatoms. The monoisotopic (exact) mass is 369 g/mol. The third kappa shape index (κ3) is 3.01. The molecule has 3 rings (SSSR count). The zero-order valence-electron chi connectivity index (χ0n) is 15.4. The average molecular weight is 369 g/mol. The minimum Gasteiger partial charge on any atom is -0.493 e. The van der Waals surface area contributed by atoms with E-state index >= 15 is 0 Å². The molecule has 0 saturated heterocycles. The second-order valence-corrected chi connectivity index (χ2v) is 6.52. The fourth-order valence-corrected chi connectivity index (χ4v) is 2.79. The molecule has 2 amide bonds. The van der Waals surface area contributed by atoms with Crippen molar-refractivity contribution in [3.05, 3.63) is 59.2 Å². The van der Waals surface area contributed by atoms with Gasteiger partial charge in [-0.05, 0) is 43.7 Å². The van der Waals surface area contributed by atoms with E-state index in [0.717, 1.165) is 0 Å². The number of ether oxygens (including phenoxy) is 2. The highest BCUT2D eigenvalue weighted by atomic mass is 16.7. The molecule has 2 aromatic rings. The fourth-order valence-electron chi connectivity index (χ4n) is 2.79. The molecule has 0 spiro atoms. The molecular weight excluding hydrogens is 350 g/mol. The van der Waals surface area contributed by atoms with Gasteiger partial charge in [0.1, 0.15) is 0 Å². The molecule has 7 nitrogen and oxygen atoms in total. The van der Waals surface area contributed by atoms with Crippen molar-refractivity contribution in [2.75, 3.05) is 14.2 Å². The third-order valence-corrected chi connectivity index (χ3v) is 4.55. The number of hydrogen-bond donors (Lipinski definition) is 0. The highest BCUT2D eigenvalue weighted by Crippen LogP contribution is 2.34. The fraction of sp³-hybridized carbons (Fsp3) is 0.250. The lowest BCUT2D eigenvalue weighted by molar-refractivity contribution is -0.174. The number of amides is 2. The molecule has 1 heterocycles. The SMILES string of the molecule is COc1ccc(C(C)(C)C(=O)ON2C(=O)c3ccccc3C2=O)cc1OC. The van der Waals surface area contributed by atoms with Crippen molar-refractivity contribution in [2.24, 2.45) is 0 Å². The quantitative estimate of drug-likeness (QED) is 0.754. The van der Waals surface area contributed by atoms with Crippen LogP contribution in [0.5, 0.6) is 11.5 Å². The topological polar surface area (TPSA) is 82.1 Å². The van der Waals surface area contributed by atoms with E-state index in [1.807, 2.05) is 0 Å². The lowest BCUT2D eigenvalue weighted by atomic mass is 9.84. The Hall–Kier alpha value is -3.35. The van der Waals surface area contributed by atoms with E-state index in [1.165, 1.54) is 26.4 Å². The van der Waals surface area contributed by atoms with Crippen molar-refractivity contribution < 1.29 is 28.7 Å². The highest BCUT2D eigenvalue weighted by molar-refractivity contribution is 6.21. The molecule has 0 N–H and O–H groups in total. The maximum atomic E-state index is 12.8. The number of fused-ring (bicyclic) bond motifs is 1. The molecule has 0 saturated carbocycles. The maximum Gasteiger partial charge on any atom is 0.343 e. The van der Waals surface area contributed by atoms with E-state index in [0.29, 0.717) is 22.1 Å². The standard InChI is InChI=1S/C20H19NO6/c1-20(2,12-9-10-15(25-3)16(11-12)26-4)19(24)27-21-17(22)13-7-5-6-8-14(13)18(21)23/h5-11H,1-4H3. The molecule has 1 aliphatic rings. The van der Waals surface area contributed by atoms with E-state index in [4.69, 9.17) is 14.3 Å². The molecular formula is C20H19NO6. The summed E-state index contributed by atoms with van der Waals surface area (Å²) in [7, 11) is 3.00. The Morgan fingerprint density at radius 1 is 0.889 bits per heavy atom. The van der Waals surface area contributed by atoms with Gasteiger partial charge in [0.05, 0.1) is 30.8 Å². The van der Waals surface area contributed by atoms with Crippen molar-refractivity contribution in [1.82, 2.24) is 5.06 Å². The van der Waals surface area contributed by atoms with Crippen LogP contribution in [-0.2, 0) is 15.0 Å². The Bertz CT molecular complexity index is 899. The summed E-state index contributed by atoms with van der Waals surface area (Å²) >= 11 is 0. The van der Waals surface area contributed by atoms with Crippen LogP contribution in [0.25, 0.3) is 0 Å². The molecule has 0 fully saturated rings. The molecule has 0 unspecified atom stereocenters. The first kappa shape index (κ1) is 18.4. The van der Waals surface area contributed by atoms with E-state index in [-0.39, 0.29) is 11.1 Å². The summed E-state index contributed by atoms with van der Waals surface area (Å²) in [4.78, 5) is 42.7. The second-order valence-electron chi connectivity index (χ2n) is 6.52. The van der Waals surface area contributed by atoms with Gasteiger partial charge in [0.25, 0.3) is 11.8 Å². The smallest absolute Gasteiger partial charge is 0.343 e. The van der Waals surface area contributed by atoms with Gasteiger partial charge in [0, 0.05) is 0 Å². The number of nitrogens with zero attached hydrogens (tertiary/aromatic N) is 1. The largest absolute Gasteiger partial charge is 0.493 e. The van der Waals surface area contributed by atoms with Gasteiger partial charge in [-0.1, -0.05) is 23.3 Å². The van der Waals surface area contributed by atoms with Crippen LogP contribution in [0.4, 0.5) is 0 Å². The van der Waals surface area contributed by atoms with Crippen LogP contribution in [0.3, 0.4) is 0 Å². The molecule has 2 aromatic carbocycles.